The predicted molar refractivity (Wildman–Crippen MR) is 104 cm³/mol. The van der Waals surface area contributed by atoms with Gasteiger partial charge in [0.15, 0.2) is 0 Å². The van der Waals surface area contributed by atoms with Crippen molar-refractivity contribution in [1.29, 1.82) is 0 Å². The lowest BCUT2D eigenvalue weighted by Crippen LogP contribution is -2.31. The second-order valence-corrected chi connectivity index (χ2v) is 6.39. The molecule has 5 heteroatoms. The first-order valence-electron chi connectivity index (χ1n) is 8.18. The molecule has 0 saturated carbocycles. The van der Waals surface area contributed by atoms with Crippen LogP contribution >= 0.6 is 11.6 Å². The van der Waals surface area contributed by atoms with Crippen LogP contribution in [0.15, 0.2) is 71.6 Å². The van der Waals surface area contributed by atoms with Crippen molar-refractivity contribution in [2.45, 2.75) is 13.3 Å². The monoisotopic (exact) mass is 363 g/mol. The van der Waals surface area contributed by atoms with Crippen LogP contribution < -0.4 is 5.43 Å². The Kier molecular flexibility index (Phi) is 5.40. The van der Waals surface area contributed by atoms with E-state index in [1.54, 1.807) is 30.3 Å². The highest BCUT2D eigenvalue weighted by Gasteiger charge is 2.32. The van der Waals surface area contributed by atoms with Crippen molar-refractivity contribution in [3.63, 3.8) is 0 Å². The maximum Gasteiger partial charge on any atom is 0.273 e. The molecule has 130 valence electrons. The SMILES string of the molecule is C#C/C(C)=C1/C(=O)N(Nc2ccc(Cl)cc2)C/C1=C/Cc1cccnc1. The standard InChI is InChI=1S/C21H18ClN3O/c1-3-15(2)20-17(7-6-16-5-4-12-23-13-16)14-25(21(20)26)24-19-10-8-18(22)9-11-19/h1,4-5,7-13,24H,6,14H2,2H3/b17-7-,20-15+. The fourth-order valence-corrected chi connectivity index (χ4v) is 2.89. The van der Waals surface area contributed by atoms with Gasteiger partial charge in [0.25, 0.3) is 5.91 Å². The first kappa shape index (κ1) is 17.8. The molecule has 0 atom stereocenters. The summed E-state index contributed by atoms with van der Waals surface area (Å²) in [7, 11) is 0. The molecule has 1 saturated heterocycles. The van der Waals surface area contributed by atoms with Gasteiger partial charge in [-0.05, 0) is 54.8 Å². The van der Waals surface area contributed by atoms with Crippen LogP contribution in [0.1, 0.15) is 12.5 Å². The van der Waals surface area contributed by atoms with E-state index in [-0.39, 0.29) is 5.91 Å². The van der Waals surface area contributed by atoms with Crippen molar-refractivity contribution >= 4 is 23.2 Å². The summed E-state index contributed by atoms with van der Waals surface area (Å²) in [5, 5.41) is 2.21. The third kappa shape index (κ3) is 3.96. The maximum atomic E-state index is 12.8. The number of rotatable bonds is 4. The number of carbonyl (C=O) groups is 1. The highest BCUT2D eigenvalue weighted by atomic mass is 35.5. The van der Waals surface area contributed by atoms with Crippen molar-refractivity contribution in [3.05, 3.63) is 82.2 Å². The molecule has 0 bridgehead atoms. The predicted octanol–water partition coefficient (Wildman–Crippen LogP) is 4.02. The van der Waals surface area contributed by atoms with Crippen molar-refractivity contribution in [2.24, 2.45) is 0 Å². The van der Waals surface area contributed by atoms with Gasteiger partial charge in [0.1, 0.15) is 0 Å². The van der Waals surface area contributed by atoms with Gasteiger partial charge in [0, 0.05) is 23.0 Å². The molecule has 0 unspecified atom stereocenters. The number of anilines is 1. The first-order valence-corrected chi connectivity index (χ1v) is 8.56. The Morgan fingerprint density at radius 3 is 2.81 bits per heavy atom. The topological polar surface area (TPSA) is 45.2 Å². The summed E-state index contributed by atoms with van der Waals surface area (Å²) in [5.74, 6) is 2.46. The number of hydrazine groups is 1. The molecule has 1 aliphatic heterocycles. The second-order valence-electron chi connectivity index (χ2n) is 5.95. The Morgan fingerprint density at radius 1 is 1.38 bits per heavy atom. The van der Waals surface area contributed by atoms with E-state index < -0.39 is 0 Å². The van der Waals surface area contributed by atoms with E-state index in [1.165, 1.54) is 0 Å². The minimum Gasteiger partial charge on any atom is -0.295 e. The van der Waals surface area contributed by atoms with Gasteiger partial charge in [0.2, 0.25) is 0 Å². The van der Waals surface area contributed by atoms with Gasteiger partial charge in [-0.2, -0.15) is 0 Å². The molecule has 0 spiro atoms. The van der Waals surface area contributed by atoms with Crippen LogP contribution in [0.2, 0.25) is 5.02 Å². The summed E-state index contributed by atoms with van der Waals surface area (Å²) in [5.41, 5.74) is 7.11. The lowest BCUT2D eigenvalue weighted by molar-refractivity contribution is -0.123. The van der Waals surface area contributed by atoms with Gasteiger partial charge < -0.3 is 0 Å². The number of halogens is 1. The van der Waals surface area contributed by atoms with Gasteiger partial charge in [0.05, 0.1) is 17.8 Å². The largest absolute Gasteiger partial charge is 0.295 e. The number of nitrogens with one attached hydrogen (secondary N) is 1. The third-order valence-corrected chi connectivity index (χ3v) is 4.37. The van der Waals surface area contributed by atoms with E-state index in [2.05, 4.69) is 16.3 Å². The van der Waals surface area contributed by atoms with Crippen LogP contribution in [0.4, 0.5) is 5.69 Å². The second kappa shape index (κ2) is 7.90. The number of aromatic nitrogens is 1. The Bertz CT molecular complexity index is 909. The Balaban J connectivity index is 1.85. The zero-order valence-corrected chi connectivity index (χ0v) is 15.1. The molecule has 1 aromatic carbocycles. The van der Waals surface area contributed by atoms with E-state index in [9.17, 15) is 4.79 Å². The van der Waals surface area contributed by atoms with E-state index in [0.29, 0.717) is 29.1 Å². The molecule has 3 rings (SSSR count). The number of amides is 1. The van der Waals surface area contributed by atoms with E-state index >= 15 is 0 Å². The number of hydrogen-bond acceptors (Lipinski definition) is 3. The number of carbonyl (C=O) groups excluding carboxylic acids is 1. The van der Waals surface area contributed by atoms with E-state index in [0.717, 1.165) is 16.8 Å². The van der Waals surface area contributed by atoms with Crippen molar-refractivity contribution in [3.8, 4) is 12.3 Å². The maximum absolute atomic E-state index is 12.8. The minimum absolute atomic E-state index is 0.132. The molecule has 1 aliphatic rings. The Morgan fingerprint density at radius 2 is 2.15 bits per heavy atom. The summed E-state index contributed by atoms with van der Waals surface area (Å²) in [6.07, 6.45) is 11.8. The molecule has 0 radical (unpaired) electrons. The number of pyridine rings is 1. The molecule has 1 aromatic heterocycles. The molecule has 1 N–H and O–H groups in total. The van der Waals surface area contributed by atoms with Gasteiger partial charge in [-0.1, -0.05) is 29.7 Å². The molecule has 2 heterocycles. The first-order chi connectivity index (χ1) is 12.6. The van der Waals surface area contributed by atoms with Gasteiger partial charge in [-0.15, -0.1) is 6.42 Å². The van der Waals surface area contributed by atoms with Gasteiger partial charge in [-0.3, -0.25) is 15.2 Å². The molecule has 0 aliphatic carbocycles. The van der Waals surface area contributed by atoms with E-state index in [4.69, 9.17) is 18.0 Å². The molecular weight excluding hydrogens is 346 g/mol. The van der Waals surface area contributed by atoms with Crippen molar-refractivity contribution < 1.29 is 4.79 Å². The van der Waals surface area contributed by atoms with Crippen LogP contribution in [0.25, 0.3) is 0 Å². The Labute approximate surface area is 158 Å². The summed E-state index contributed by atoms with van der Waals surface area (Å²) < 4.78 is 0. The zero-order valence-electron chi connectivity index (χ0n) is 14.4. The smallest absolute Gasteiger partial charge is 0.273 e. The van der Waals surface area contributed by atoms with Crippen LogP contribution in [0.3, 0.4) is 0 Å². The highest BCUT2D eigenvalue weighted by Crippen LogP contribution is 2.27. The fraction of sp³-hybridized carbons (Fsp3) is 0.143. The number of nitrogens with zero attached hydrogens (tertiary/aromatic N) is 2. The summed E-state index contributed by atoms with van der Waals surface area (Å²) in [4.78, 5) is 16.9. The van der Waals surface area contributed by atoms with E-state index in [1.807, 2.05) is 36.5 Å². The minimum atomic E-state index is -0.132. The summed E-state index contributed by atoms with van der Waals surface area (Å²) in [6.45, 7) is 2.23. The summed E-state index contributed by atoms with van der Waals surface area (Å²) >= 11 is 5.91. The van der Waals surface area contributed by atoms with Crippen LogP contribution in [-0.2, 0) is 11.2 Å². The number of terminal acetylenes is 1. The van der Waals surface area contributed by atoms with Gasteiger partial charge in [-0.25, -0.2) is 5.01 Å². The zero-order chi connectivity index (χ0) is 18.5. The van der Waals surface area contributed by atoms with Crippen LogP contribution in [-0.4, -0.2) is 22.4 Å². The average molecular weight is 364 g/mol. The van der Waals surface area contributed by atoms with Crippen molar-refractivity contribution in [1.82, 2.24) is 9.99 Å². The lowest BCUT2D eigenvalue weighted by Gasteiger charge is -2.17. The van der Waals surface area contributed by atoms with Gasteiger partial charge >= 0.3 is 0 Å². The normalized spacial score (nSPS) is 17.3. The number of allylic oxidation sites excluding steroid dienone is 2. The Hall–Kier alpha value is -3.03. The number of benzene rings is 1. The molecule has 2 aromatic rings. The van der Waals surface area contributed by atoms with Crippen LogP contribution in [0, 0.1) is 12.3 Å². The fourth-order valence-electron chi connectivity index (χ4n) is 2.76. The third-order valence-electron chi connectivity index (χ3n) is 4.12. The van der Waals surface area contributed by atoms with Crippen LogP contribution in [0.5, 0.6) is 0 Å². The molecule has 1 fully saturated rings. The quantitative estimate of drug-likeness (QED) is 0.659. The molecule has 1 amide bonds. The average Bonchev–Trinajstić information content (AvgIpc) is 2.97. The lowest BCUT2D eigenvalue weighted by atomic mass is 10.0. The number of hydrogen-bond donors (Lipinski definition) is 1. The summed E-state index contributed by atoms with van der Waals surface area (Å²) in [6, 6.07) is 11.1. The van der Waals surface area contributed by atoms with Crippen molar-refractivity contribution in [2.75, 3.05) is 12.0 Å². The highest BCUT2D eigenvalue weighted by molar-refractivity contribution is 6.30. The molecule has 26 heavy (non-hydrogen) atoms. The molecular formula is C21H18ClN3O. The molecule has 4 nitrogen and oxygen atoms in total.